The number of pyridine rings is 1. The van der Waals surface area contributed by atoms with E-state index < -0.39 is 0 Å². The number of para-hydroxylation sites is 2. The van der Waals surface area contributed by atoms with Crippen LogP contribution in [0, 0.1) is 0 Å². The third-order valence-corrected chi connectivity index (χ3v) is 5.51. The molecule has 0 aliphatic carbocycles. The monoisotopic (exact) mass is 395 g/mol. The largest absolute Gasteiger partial charge is 0.395 e. The molecule has 0 bridgehead atoms. The summed E-state index contributed by atoms with van der Waals surface area (Å²) >= 11 is 0. The Bertz CT molecular complexity index is 947. The first-order valence-electron chi connectivity index (χ1n) is 10.0. The highest BCUT2D eigenvalue weighted by Crippen LogP contribution is 2.28. The molecule has 0 unspecified atom stereocenters. The highest BCUT2D eigenvalue weighted by atomic mass is 16.6. The number of hydrogen-bond donors (Lipinski definition) is 2. The lowest BCUT2D eigenvalue weighted by Gasteiger charge is -2.21. The number of aliphatic hydroxyl groups is 1. The van der Waals surface area contributed by atoms with E-state index in [1.54, 1.807) is 12.4 Å². The van der Waals surface area contributed by atoms with Crippen molar-refractivity contribution in [1.29, 1.82) is 0 Å². The van der Waals surface area contributed by atoms with Crippen LogP contribution in [-0.4, -0.2) is 70.8 Å². The Morgan fingerprint density at radius 1 is 1.07 bits per heavy atom. The molecular formula is C21H25N5O3. The van der Waals surface area contributed by atoms with Gasteiger partial charge in [-0.3, -0.25) is 4.98 Å². The fourth-order valence-electron chi connectivity index (χ4n) is 4.15. The minimum atomic E-state index is -0.00177. The molecule has 2 N–H and O–H groups in total. The molecule has 2 fully saturated rings. The van der Waals surface area contributed by atoms with Crippen LogP contribution in [0.2, 0.25) is 0 Å². The molecule has 0 amide bonds. The first kappa shape index (κ1) is 18.4. The van der Waals surface area contributed by atoms with Gasteiger partial charge in [0, 0.05) is 32.0 Å². The van der Waals surface area contributed by atoms with E-state index in [1.165, 1.54) is 0 Å². The van der Waals surface area contributed by atoms with Crippen molar-refractivity contribution in [1.82, 2.24) is 14.5 Å². The minimum absolute atomic E-state index is 0.00177. The maximum Gasteiger partial charge on any atom is 0.206 e. The third kappa shape index (κ3) is 3.66. The van der Waals surface area contributed by atoms with E-state index in [1.807, 2.05) is 36.4 Å². The Morgan fingerprint density at radius 3 is 2.59 bits per heavy atom. The summed E-state index contributed by atoms with van der Waals surface area (Å²) in [4.78, 5) is 11.2. The molecule has 0 radical (unpaired) electrons. The van der Waals surface area contributed by atoms with E-state index in [4.69, 9.17) is 14.5 Å². The number of nitrogens with one attached hydrogen (secondary N) is 1. The first-order valence-corrected chi connectivity index (χ1v) is 10.0. The van der Waals surface area contributed by atoms with E-state index in [9.17, 15) is 5.11 Å². The van der Waals surface area contributed by atoms with Gasteiger partial charge >= 0.3 is 0 Å². The van der Waals surface area contributed by atoms with E-state index >= 15 is 0 Å². The van der Waals surface area contributed by atoms with E-state index in [0.29, 0.717) is 19.8 Å². The molecule has 5 rings (SSSR count). The summed E-state index contributed by atoms with van der Waals surface area (Å²) in [5, 5.41) is 13.0. The van der Waals surface area contributed by atoms with Gasteiger partial charge in [-0.25, -0.2) is 4.98 Å². The van der Waals surface area contributed by atoms with E-state index in [-0.39, 0.29) is 24.9 Å². The zero-order chi connectivity index (χ0) is 19.6. The van der Waals surface area contributed by atoms with Crippen molar-refractivity contribution >= 4 is 22.7 Å². The van der Waals surface area contributed by atoms with Gasteiger partial charge in [-0.1, -0.05) is 12.1 Å². The highest BCUT2D eigenvalue weighted by Gasteiger charge is 2.39. The number of benzene rings is 1. The van der Waals surface area contributed by atoms with Crippen LogP contribution in [-0.2, 0) is 16.0 Å². The van der Waals surface area contributed by atoms with Gasteiger partial charge < -0.3 is 29.4 Å². The summed E-state index contributed by atoms with van der Waals surface area (Å²) in [6, 6.07) is 12.0. The van der Waals surface area contributed by atoms with Crippen LogP contribution in [0.1, 0.15) is 0 Å². The van der Waals surface area contributed by atoms with Crippen LogP contribution in [0.3, 0.4) is 0 Å². The predicted octanol–water partition coefficient (Wildman–Crippen LogP) is 1.51. The van der Waals surface area contributed by atoms with E-state index in [2.05, 4.69) is 19.8 Å². The molecule has 8 nitrogen and oxygen atoms in total. The lowest BCUT2D eigenvalue weighted by molar-refractivity contribution is -0.00461. The standard InChI is InChI=1S/C21H25N5O3/c27-9-8-26-18-6-2-1-5-17(18)24-21(26)25-11-19-20(12-25)29-14-16(13-28-19)23-15-4-3-7-22-10-15/h1-7,10,16,19-20,23,27H,8-9,11-14H2/t19-,20-/m0/s1. The Morgan fingerprint density at radius 2 is 1.86 bits per heavy atom. The number of imidazole rings is 1. The smallest absolute Gasteiger partial charge is 0.206 e. The molecule has 29 heavy (non-hydrogen) atoms. The number of hydrogen-bond acceptors (Lipinski definition) is 7. The van der Waals surface area contributed by atoms with Gasteiger partial charge in [0.1, 0.15) is 12.2 Å². The maximum absolute atomic E-state index is 9.53. The number of anilines is 2. The first-order chi connectivity index (χ1) is 14.3. The van der Waals surface area contributed by atoms with Crippen molar-refractivity contribution in [3.05, 3.63) is 48.8 Å². The number of aliphatic hydroxyl groups excluding tert-OH is 1. The Kier molecular flexibility index (Phi) is 5.05. The number of ether oxygens (including phenoxy) is 2. The molecule has 0 spiro atoms. The molecule has 1 aromatic carbocycles. The van der Waals surface area contributed by atoms with Crippen molar-refractivity contribution in [3.8, 4) is 0 Å². The van der Waals surface area contributed by atoms with Crippen molar-refractivity contribution in [3.63, 3.8) is 0 Å². The van der Waals surface area contributed by atoms with Crippen LogP contribution < -0.4 is 10.2 Å². The molecule has 4 heterocycles. The molecule has 0 saturated carbocycles. The highest BCUT2D eigenvalue weighted by molar-refractivity contribution is 5.79. The zero-order valence-corrected chi connectivity index (χ0v) is 16.1. The number of aromatic nitrogens is 3. The van der Waals surface area contributed by atoms with Crippen LogP contribution in [0.4, 0.5) is 11.6 Å². The minimum Gasteiger partial charge on any atom is -0.395 e. The quantitative estimate of drug-likeness (QED) is 0.677. The van der Waals surface area contributed by atoms with Gasteiger partial charge in [-0.05, 0) is 24.3 Å². The summed E-state index contributed by atoms with van der Waals surface area (Å²) < 4.78 is 14.5. The van der Waals surface area contributed by atoms with Crippen LogP contribution >= 0.6 is 0 Å². The molecule has 8 heteroatoms. The van der Waals surface area contributed by atoms with Crippen LogP contribution in [0.25, 0.3) is 11.0 Å². The van der Waals surface area contributed by atoms with Crippen molar-refractivity contribution in [2.75, 3.05) is 43.1 Å². The summed E-state index contributed by atoms with van der Waals surface area (Å²) in [6.07, 6.45) is 3.56. The Hall–Kier alpha value is -2.68. The molecule has 2 aliphatic heterocycles. The second-order valence-corrected chi connectivity index (χ2v) is 7.51. The number of rotatable bonds is 5. The summed E-state index contributed by atoms with van der Waals surface area (Å²) in [5.41, 5.74) is 2.94. The normalized spacial score (nSPS) is 22.6. The van der Waals surface area contributed by atoms with Crippen LogP contribution in [0.5, 0.6) is 0 Å². The van der Waals surface area contributed by atoms with Gasteiger partial charge in [0.2, 0.25) is 5.95 Å². The topological polar surface area (TPSA) is 84.7 Å². The predicted molar refractivity (Wildman–Crippen MR) is 110 cm³/mol. The second kappa shape index (κ2) is 7.98. The Balaban J connectivity index is 1.29. The molecule has 2 aromatic heterocycles. The van der Waals surface area contributed by atoms with Gasteiger partial charge in [0.15, 0.2) is 0 Å². The average Bonchev–Trinajstić information content (AvgIpc) is 3.27. The summed E-state index contributed by atoms with van der Waals surface area (Å²) in [6.45, 7) is 3.19. The number of nitrogens with zero attached hydrogens (tertiary/aromatic N) is 4. The van der Waals surface area contributed by atoms with Crippen molar-refractivity contribution < 1.29 is 14.6 Å². The second-order valence-electron chi connectivity index (χ2n) is 7.51. The lowest BCUT2D eigenvalue weighted by atomic mass is 10.3. The molecule has 152 valence electrons. The lowest BCUT2D eigenvalue weighted by Crippen LogP contribution is -2.32. The fourth-order valence-corrected chi connectivity index (χ4v) is 4.15. The summed E-state index contributed by atoms with van der Waals surface area (Å²) in [7, 11) is 0. The Labute approximate surface area is 169 Å². The average molecular weight is 395 g/mol. The number of fused-ring (bicyclic) bond motifs is 2. The maximum atomic E-state index is 9.53. The molecule has 2 saturated heterocycles. The van der Waals surface area contributed by atoms with Crippen molar-refractivity contribution in [2.45, 2.75) is 24.8 Å². The molecule has 3 aromatic rings. The summed E-state index contributed by atoms with van der Waals surface area (Å²) in [5.74, 6) is 0.866. The fraction of sp³-hybridized carbons (Fsp3) is 0.429. The van der Waals surface area contributed by atoms with Gasteiger partial charge in [-0.15, -0.1) is 0 Å². The van der Waals surface area contributed by atoms with Gasteiger partial charge in [0.05, 0.1) is 42.6 Å². The molecule has 2 aliphatic rings. The van der Waals surface area contributed by atoms with E-state index in [0.717, 1.165) is 35.8 Å². The molecular weight excluding hydrogens is 370 g/mol. The zero-order valence-electron chi connectivity index (χ0n) is 16.1. The van der Waals surface area contributed by atoms with Gasteiger partial charge in [0.25, 0.3) is 0 Å². The van der Waals surface area contributed by atoms with Gasteiger partial charge in [-0.2, -0.15) is 0 Å². The molecule has 2 atom stereocenters. The third-order valence-electron chi connectivity index (χ3n) is 5.51. The van der Waals surface area contributed by atoms with Crippen LogP contribution in [0.15, 0.2) is 48.8 Å². The SMILES string of the molecule is OCCn1c(N2C[C@@H]3OCC(Nc4cccnc4)CO[C@H]3C2)nc2ccccc21. The van der Waals surface area contributed by atoms with Crippen molar-refractivity contribution in [2.24, 2.45) is 0 Å².